The van der Waals surface area contributed by atoms with E-state index in [2.05, 4.69) is 9.97 Å². The van der Waals surface area contributed by atoms with E-state index in [0.717, 1.165) is 52.2 Å². The number of ketones is 1. The molecule has 38 heavy (non-hydrogen) atoms. The normalized spacial score (nSPS) is 15.7. The Morgan fingerprint density at radius 3 is 2.63 bits per heavy atom. The van der Waals surface area contributed by atoms with Crippen LogP contribution in [-0.2, 0) is 22.6 Å². The molecule has 2 aliphatic rings. The monoisotopic (exact) mass is 529 g/mol. The van der Waals surface area contributed by atoms with Crippen LogP contribution in [0, 0.1) is 11.7 Å². The second-order valence-electron chi connectivity index (χ2n) is 10.2. The summed E-state index contributed by atoms with van der Waals surface area (Å²) < 4.78 is 21.7. The first-order chi connectivity index (χ1) is 18.5. The summed E-state index contributed by atoms with van der Waals surface area (Å²) in [5.74, 6) is 1.00. The molecule has 3 aromatic heterocycles. The number of aromatic nitrogens is 2. The van der Waals surface area contributed by atoms with Crippen LogP contribution in [0.1, 0.15) is 49.7 Å². The molecule has 0 spiro atoms. The predicted molar refractivity (Wildman–Crippen MR) is 145 cm³/mol. The van der Waals surface area contributed by atoms with Crippen LogP contribution < -0.4 is 4.74 Å². The highest BCUT2D eigenvalue weighted by atomic mass is 32.1. The molecule has 8 heteroatoms. The van der Waals surface area contributed by atoms with E-state index in [9.17, 15) is 14.0 Å². The highest BCUT2D eigenvalue weighted by Crippen LogP contribution is 2.39. The molecular formula is C30H28FN3O3S. The van der Waals surface area contributed by atoms with Crippen molar-refractivity contribution in [1.29, 1.82) is 0 Å². The Morgan fingerprint density at radius 2 is 1.92 bits per heavy atom. The summed E-state index contributed by atoms with van der Waals surface area (Å²) >= 11 is 1.48. The van der Waals surface area contributed by atoms with Crippen LogP contribution in [0.2, 0.25) is 0 Å². The number of rotatable bonds is 9. The van der Waals surface area contributed by atoms with Gasteiger partial charge in [-0.05, 0) is 47.7 Å². The molecule has 4 heterocycles. The van der Waals surface area contributed by atoms with Gasteiger partial charge >= 0.3 is 0 Å². The zero-order chi connectivity index (χ0) is 26.1. The van der Waals surface area contributed by atoms with Gasteiger partial charge in [-0.25, -0.2) is 4.39 Å². The summed E-state index contributed by atoms with van der Waals surface area (Å²) in [6.07, 6.45) is 9.29. The van der Waals surface area contributed by atoms with Gasteiger partial charge in [0.15, 0.2) is 11.6 Å². The van der Waals surface area contributed by atoms with Crippen LogP contribution in [0.3, 0.4) is 0 Å². The Kier molecular flexibility index (Phi) is 6.89. The van der Waals surface area contributed by atoms with Crippen molar-refractivity contribution in [3.63, 3.8) is 0 Å². The molecule has 1 saturated carbocycles. The first kappa shape index (κ1) is 24.7. The number of halogens is 1. The second-order valence-corrected chi connectivity index (χ2v) is 11.2. The zero-order valence-corrected chi connectivity index (χ0v) is 21.8. The van der Waals surface area contributed by atoms with Crippen molar-refractivity contribution in [2.24, 2.45) is 5.92 Å². The van der Waals surface area contributed by atoms with Crippen molar-refractivity contribution in [1.82, 2.24) is 14.9 Å². The lowest BCUT2D eigenvalue weighted by Gasteiger charge is -2.24. The van der Waals surface area contributed by atoms with E-state index in [0.29, 0.717) is 36.6 Å². The third-order valence-electron chi connectivity index (χ3n) is 7.36. The lowest BCUT2D eigenvalue weighted by Crippen LogP contribution is -2.23. The SMILES string of the molecule is O=C(Cc1ccc(Oc2ccnc3cc(-c4ccc(CN5CCCC5=O)cn4)sc23)c(F)c1)CC1CCC1. The minimum atomic E-state index is -0.491. The fourth-order valence-electron chi connectivity index (χ4n) is 5.05. The maximum atomic E-state index is 14.9. The highest BCUT2D eigenvalue weighted by Gasteiger charge is 2.22. The fourth-order valence-corrected chi connectivity index (χ4v) is 6.09. The number of carbonyl (C=O) groups excluding carboxylic acids is 2. The Balaban J connectivity index is 1.16. The molecule has 0 radical (unpaired) electrons. The van der Waals surface area contributed by atoms with E-state index in [1.807, 2.05) is 29.3 Å². The Labute approximate surface area is 224 Å². The Morgan fingerprint density at radius 1 is 1.05 bits per heavy atom. The van der Waals surface area contributed by atoms with Gasteiger partial charge in [0.2, 0.25) is 5.91 Å². The predicted octanol–water partition coefficient (Wildman–Crippen LogP) is 6.71. The molecule has 0 atom stereocenters. The molecule has 1 aliphatic heterocycles. The van der Waals surface area contributed by atoms with Gasteiger partial charge in [-0.1, -0.05) is 31.4 Å². The first-order valence-electron chi connectivity index (χ1n) is 13.1. The van der Waals surface area contributed by atoms with E-state index in [-0.39, 0.29) is 23.9 Å². The van der Waals surface area contributed by atoms with Gasteiger partial charge in [-0.2, -0.15) is 0 Å². The molecule has 1 saturated heterocycles. The molecule has 0 bridgehead atoms. The summed E-state index contributed by atoms with van der Waals surface area (Å²) in [5, 5.41) is 0. The third-order valence-corrected chi connectivity index (χ3v) is 8.52. The summed E-state index contributed by atoms with van der Waals surface area (Å²) in [7, 11) is 0. The fraction of sp³-hybridized carbons (Fsp3) is 0.333. The molecule has 0 unspecified atom stereocenters. The van der Waals surface area contributed by atoms with Crippen molar-refractivity contribution < 1.29 is 18.7 Å². The molecule has 6 rings (SSSR count). The standard InChI is InChI=1S/C30H28FN3O3S/c31-23-15-20(14-22(35)13-19-3-1-4-19)7-9-26(23)37-27-10-11-32-25-16-28(38-30(25)27)24-8-6-21(17-33-24)18-34-12-2-5-29(34)36/h6-11,15-17,19H,1-5,12-14,18H2. The number of benzene rings is 1. The number of carbonyl (C=O) groups is 2. The molecule has 194 valence electrons. The van der Waals surface area contributed by atoms with Crippen LogP contribution in [0.5, 0.6) is 11.5 Å². The number of Topliss-reactive ketones (excluding diaryl/α,β-unsaturated/α-hetero) is 1. The quantitative estimate of drug-likeness (QED) is 0.241. The average molecular weight is 530 g/mol. The van der Waals surface area contributed by atoms with Gasteiger partial charge in [-0.3, -0.25) is 19.6 Å². The van der Waals surface area contributed by atoms with E-state index in [1.165, 1.54) is 23.8 Å². The minimum Gasteiger partial charge on any atom is -0.453 e. The van der Waals surface area contributed by atoms with Gasteiger partial charge in [0.25, 0.3) is 0 Å². The second kappa shape index (κ2) is 10.6. The maximum absolute atomic E-state index is 14.9. The zero-order valence-electron chi connectivity index (χ0n) is 21.0. The molecular weight excluding hydrogens is 501 g/mol. The topological polar surface area (TPSA) is 72.4 Å². The van der Waals surface area contributed by atoms with Crippen LogP contribution >= 0.6 is 11.3 Å². The smallest absolute Gasteiger partial charge is 0.222 e. The minimum absolute atomic E-state index is 0.113. The van der Waals surface area contributed by atoms with Crippen LogP contribution in [0.15, 0.2) is 54.9 Å². The molecule has 1 amide bonds. The first-order valence-corrected chi connectivity index (χ1v) is 13.9. The van der Waals surface area contributed by atoms with Gasteiger partial charge in [-0.15, -0.1) is 11.3 Å². The summed E-state index contributed by atoms with van der Waals surface area (Å²) in [6, 6.07) is 12.4. The van der Waals surface area contributed by atoms with E-state index >= 15 is 0 Å². The van der Waals surface area contributed by atoms with Crippen molar-refractivity contribution in [3.05, 3.63) is 71.8 Å². The van der Waals surface area contributed by atoms with E-state index in [1.54, 1.807) is 24.4 Å². The summed E-state index contributed by atoms with van der Waals surface area (Å²) in [5.41, 5.74) is 3.21. The van der Waals surface area contributed by atoms with Gasteiger partial charge in [0, 0.05) is 50.8 Å². The molecule has 1 aromatic carbocycles. The van der Waals surface area contributed by atoms with E-state index < -0.39 is 5.82 Å². The van der Waals surface area contributed by atoms with Crippen molar-refractivity contribution in [2.75, 3.05) is 6.54 Å². The number of hydrogen-bond acceptors (Lipinski definition) is 6. The molecule has 0 N–H and O–H groups in total. The van der Waals surface area contributed by atoms with Crippen molar-refractivity contribution in [2.45, 2.75) is 51.5 Å². The van der Waals surface area contributed by atoms with Gasteiger partial charge in [0.05, 0.1) is 20.8 Å². The lowest BCUT2D eigenvalue weighted by molar-refractivity contribution is -0.128. The number of amides is 1. The molecule has 2 fully saturated rings. The summed E-state index contributed by atoms with van der Waals surface area (Å²) in [4.78, 5) is 36.1. The highest BCUT2D eigenvalue weighted by molar-refractivity contribution is 7.22. The van der Waals surface area contributed by atoms with Crippen LogP contribution in [0.4, 0.5) is 4.39 Å². The molecule has 6 nitrogen and oxygen atoms in total. The van der Waals surface area contributed by atoms with Gasteiger partial charge in [0.1, 0.15) is 11.5 Å². The Hall–Kier alpha value is -3.65. The van der Waals surface area contributed by atoms with Crippen LogP contribution in [0.25, 0.3) is 20.8 Å². The number of thiophene rings is 1. The van der Waals surface area contributed by atoms with E-state index in [4.69, 9.17) is 4.74 Å². The summed E-state index contributed by atoms with van der Waals surface area (Å²) in [6.45, 7) is 1.38. The maximum Gasteiger partial charge on any atom is 0.222 e. The number of hydrogen-bond donors (Lipinski definition) is 0. The number of ether oxygens (including phenoxy) is 1. The number of nitrogens with zero attached hydrogens (tertiary/aromatic N) is 3. The molecule has 1 aliphatic carbocycles. The van der Waals surface area contributed by atoms with Crippen molar-refractivity contribution in [3.8, 4) is 22.1 Å². The lowest BCUT2D eigenvalue weighted by atomic mass is 9.81. The Bertz CT molecular complexity index is 1500. The van der Waals surface area contributed by atoms with Crippen LogP contribution in [-0.4, -0.2) is 33.1 Å². The van der Waals surface area contributed by atoms with Crippen molar-refractivity contribution >= 4 is 33.2 Å². The third kappa shape index (κ3) is 5.31. The number of pyridine rings is 2. The molecule has 4 aromatic rings. The van der Waals surface area contributed by atoms with Gasteiger partial charge < -0.3 is 9.64 Å². The number of likely N-dealkylation sites (tertiary alicyclic amines) is 1. The largest absolute Gasteiger partial charge is 0.453 e. The number of fused-ring (bicyclic) bond motifs is 1. The average Bonchev–Trinajstić information content (AvgIpc) is 3.50.